The molecule has 1 saturated heterocycles. The summed E-state index contributed by atoms with van der Waals surface area (Å²) in [6.45, 7) is 2.48. The maximum Gasteiger partial charge on any atom is 0.321 e. The molecule has 1 fully saturated rings. The molecule has 1 N–H and O–H groups in total. The average molecular weight is 349 g/mol. The van der Waals surface area contributed by atoms with E-state index in [4.69, 9.17) is 0 Å². The second kappa shape index (κ2) is 6.60. The molecular formula is C15H19N5O3S. The number of carbonyl (C=O) groups excluding carboxylic acids is 1. The molecule has 1 aliphatic rings. The largest absolute Gasteiger partial charge is 0.323 e. The predicted molar refractivity (Wildman–Crippen MR) is 89.8 cm³/mol. The van der Waals surface area contributed by atoms with Gasteiger partial charge in [0, 0.05) is 18.8 Å². The highest BCUT2D eigenvalue weighted by molar-refractivity contribution is 7.91. The SMILES string of the molecule is CC1CN(C(=O)Nc2cccc(-n3ccnn3)c2)CCS(=O)(=O)C1. The molecule has 0 saturated carbocycles. The van der Waals surface area contributed by atoms with Crippen LogP contribution >= 0.6 is 0 Å². The van der Waals surface area contributed by atoms with Gasteiger partial charge in [0.15, 0.2) is 9.84 Å². The Morgan fingerprint density at radius 2 is 2.21 bits per heavy atom. The van der Waals surface area contributed by atoms with Crippen LogP contribution in [0.15, 0.2) is 36.7 Å². The van der Waals surface area contributed by atoms with Crippen molar-refractivity contribution in [1.82, 2.24) is 19.9 Å². The van der Waals surface area contributed by atoms with Crippen LogP contribution in [0.2, 0.25) is 0 Å². The van der Waals surface area contributed by atoms with Crippen molar-refractivity contribution < 1.29 is 13.2 Å². The fraction of sp³-hybridized carbons (Fsp3) is 0.400. The number of sulfone groups is 1. The molecule has 0 spiro atoms. The number of nitrogens with one attached hydrogen (secondary N) is 1. The standard InChI is InChI=1S/C15H19N5O3S/c1-12-10-19(7-8-24(22,23)11-12)15(21)17-13-3-2-4-14(9-13)20-6-5-16-18-20/h2-6,9,12H,7-8,10-11H2,1H3,(H,17,21). The van der Waals surface area contributed by atoms with E-state index >= 15 is 0 Å². The van der Waals surface area contributed by atoms with Crippen LogP contribution in [0, 0.1) is 5.92 Å². The van der Waals surface area contributed by atoms with Gasteiger partial charge >= 0.3 is 6.03 Å². The van der Waals surface area contributed by atoms with E-state index in [-0.39, 0.29) is 30.0 Å². The number of rotatable bonds is 2. The summed E-state index contributed by atoms with van der Waals surface area (Å²) in [5.41, 5.74) is 1.39. The second-order valence-corrected chi connectivity index (χ2v) is 8.22. The first-order valence-corrected chi connectivity index (χ1v) is 9.48. The fourth-order valence-corrected chi connectivity index (χ4v) is 4.38. The Morgan fingerprint density at radius 3 is 2.96 bits per heavy atom. The van der Waals surface area contributed by atoms with Crippen molar-refractivity contribution in [2.24, 2.45) is 5.92 Å². The molecule has 2 heterocycles. The lowest BCUT2D eigenvalue weighted by atomic mass is 10.2. The fourth-order valence-electron chi connectivity index (χ4n) is 2.75. The smallest absolute Gasteiger partial charge is 0.321 e. The van der Waals surface area contributed by atoms with Gasteiger partial charge in [0.05, 0.1) is 29.6 Å². The first-order valence-electron chi connectivity index (χ1n) is 7.66. The molecule has 0 aliphatic carbocycles. The van der Waals surface area contributed by atoms with Crippen LogP contribution in [0.5, 0.6) is 0 Å². The molecule has 128 valence electrons. The Bertz CT molecular complexity index is 819. The van der Waals surface area contributed by atoms with Gasteiger partial charge in [-0.2, -0.15) is 0 Å². The van der Waals surface area contributed by atoms with Crippen LogP contribution in [0.3, 0.4) is 0 Å². The van der Waals surface area contributed by atoms with Crippen LogP contribution in [-0.4, -0.2) is 58.9 Å². The number of carbonyl (C=O) groups is 1. The summed E-state index contributed by atoms with van der Waals surface area (Å²) < 4.78 is 25.2. The van der Waals surface area contributed by atoms with Crippen molar-refractivity contribution in [2.45, 2.75) is 6.92 Å². The summed E-state index contributed by atoms with van der Waals surface area (Å²) in [5, 5.41) is 10.5. The normalized spacial score (nSPS) is 20.4. The minimum Gasteiger partial charge on any atom is -0.323 e. The van der Waals surface area contributed by atoms with Crippen LogP contribution in [0.1, 0.15) is 6.92 Å². The maximum absolute atomic E-state index is 12.5. The molecule has 0 bridgehead atoms. The van der Waals surface area contributed by atoms with Gasteiger partial charge < -0.3 is 10.2 Å². The van der Waals surface area contributed by atoms with Crippen molar-refractivity contribution in [1.29, 1.82) is 0 Å². The number of hydrogen-bond donors (Lipinski definition) is 1. The number of amides is 2. The van der Waals surface area contributed by atoms with Gasteiger partial charge in [0.2, 0.25) is 0 Å². The molecule has 3 rings (SSSR count). The van der Waals surface area contributed by atoms with Crippen LogP contribution in [0.25, 0.3) is 5.69 Å². The van der Waals surface area contributed by atoms with Gasteiger partial charge in [-0.15, -0.1) is 5.10 Å². The first kappa shape index (κ1) is 16.4. The van der Waals surface area contributed by atoms with Gasteiger partial charge in [-0.1, -0.05) is 18.2 Å². The van der Waals surface area contributed by atoms with Crippen LogP contribution in [0.4, 0.5) is 10.5 Å². The van der Waals surface area contributed by atoms with Crippen molar-refractivity contribution in [3.05, 3.63) is 36.7 Å². The van der Waals surface area contributed by atoms with E-state index in [1.54, 1.807) is 34.1 Å². The quantitative estimate of drug-likeness (QED) is 0.878. The lowest BCUT2D eigenvalue weighted by molar-refractivity contribution is 0.210. The molecule has 8 nitrogen and oxygen atoms in total. The lowest BCUT2D eigenvalue weighted by Gasteiger charge is -2.22. The predicted octanol–water partition coefficient (Wildman–Crippen LogP) is 1.17. The summed E-state index contributed by atoms with van der Waals surface area (Å²) in [6.07, 6.45) is 3.28. The van der Waals surface area contributed by atoms with E-state index in [2.05, 4.69) is 15.6 Å². The molecule has 24 heavy (non-hydrogen) atoms. The zero-order valence-corrected chi connectivity index (χ0v) is 14.1. The zero-order valence-electron chi connectivity index (χ0n) is 13.3. The zero-order chi connectivity index (χ0) is 17.2. The van der Waals surface area contributed by atoms with Crippen molar-refractivity contribution in [2.75, 3.05) is 29.9 Å². The summed E-state index contributed by atoms with van der Waals surface area (Å²) >= 11 is 0. The number of benzene rings is 1. The molecule has 1 atom stereocenters. The Labute approximate surface area is 140 Å². The molecular weight excluding hydrogens is 330 g/mol. The van der Waals surface area contributed by atoms with E-state index in [0.717, 1.165) is 5.69 Å². The van der Waals surface area contributed by atoms with E-state index in [9.17, 15) is 13.2 Å². The average Bonchev–Trinajstić information content (AvgIpc) is 3.01. The van der Waals surface area contributed by atoms with Gasteiger partial charge in [0.1, 0.15) is 0 Å². The van der Waals surface area contributed by atoms with E-state index < -0.39 is 9.84 Å². The highest BCUT2D eigenvalue weighted by Gasteiger charge is 2.26. The molecule has 1 aromatic carbocycles. The minimum atomic E-state index is -3.08. The summed E-state index contributed by atoms with van der Waals surface area (Å²) in [7, 11) is -3.08. The van der Waals surface area contributed by atoms with E-state index in [1.165, 1.54) is 0 Å². The van der Waals surface area contributed by atoms with Crippen LogP contribution in [-0.2, 0) is 9.84 Å². The number of anilines is 1. The number of hydrogen-bond acceptors (Lipinski definition) is 5. The monoisotopic (exact) mass is 349 g/mol. The number of nitrogens with zero attached hydrogens (tertiary/aromatic N) is 4. The molecule has 1 aliphatic heterocycles. The number of urea groups is 1. The van der Waals surface area contributed by atoms with Gasteiger partial charge in [-0.05, 0) is 24.1 Å². The van der Waals surface area contributed by atoms with Crippen molar-refractivity contribution in [3.63, 3.8) is 0 Å². The summed E-state index contributed by atoms with van der Waals surface area (Å²) in [4.78, 5) is 14.0. The van der Waals surface area contributed by atoms with Crippen molar-refractivity contribution >= 4 is 21.6 Å². The molecule has 0 radical (unpaired) electrons. The summed E-state index contributed by atoms with van der Waals surface area (Å²) in [6, 6.07) is 6.92. The third-order valence-electron chi connectivity index (χ3n) is 3.81. The maximum atomic E-state index is 12.5. The Kier molecular flexibility index (Phi) is 4.52. The molecule has 9 heteroatoms. The third-order valence-corrected chi connectivity index (χ3v) is 5.70. The second-order valence-electron chi connectivity index (χ2n) is 5.99. The van der Waals surface area contributed by atoms with Gasteiger partial charge in [0.25, 0.3) is 0 Å². The Hall–Kier alpha value is -2.42. The highest BCUT2D eigenvalue weighted by atomic mass is 32.2. The first-order chi connectivity index (χ1) is 11.4. The third kappa shape index (κ3) is 3.91. The van der Waals surface area contributed by atoms with Crippen LogP contribution < -0.4 is 5.32 Å². The van der Waals surface area contributed by atoms with Crippen molar-refractivity contribution in [3.8, 4) is 5.69 Å². The van der Waals surface area contributed by atoms with E-state index in [0.29, 0.717) is 12.2 Å². The minimum absolute atomic E-state index is 0.00373. The van der Waals surface area contributed by atoms with Gasteiger partial charge in [-0.25, -0.2) is 17.9 Å². The molecule has 2 aromatic rings. The Balaban J connectivity index is 1.72. The number of aromatic nitrogens is 3. The van der Waals surface area contributed by atoms with Gasteiger partial charge in [-0.3, -0.25) is 0 Å². The molecule has 1 unspecified atom stereocenters. The molecule has 1 aromatic heterocycles. The summed E-state index contributed by atoms with van der Waals surface area (Å²) in [5.74, 6) is 0.0484. The molecule has 2 amide bonds. The highest BCUT2D eigenvalue weighted by Crippen LogP contribution is 2.16. The Morgan fingerprint density at radius 1 is 1.38 bits per heavy atom. The van der Waals surface area contributed by atoms with E-state index in [1.807, 2.05) is 19.1 Å². The topological polar surface area (TPSA) is 97.2 Å². The lowest BCUT2D eigenvalue weighted by Crippen LogP contribution is -2.38.